The van der Waals surface area contributed by atoms with Crippen LogP contribution < -0.4 is 0 Å². The summed E-state index contributed by atoms with van der Waals surface area (Å²) in [5.74, 6) is -1.33. The highest BCUT2D eigenvalue weighted by atomic mass is 16.6. The molecule has 28 heavy (non-hydrogen) atoms. The molecule has 0 spiro atoms. The summed E-state index contributed by atoms with van der Waals surface area (Å²) >= 11 is 0. The summed E-state index contributed by atoms with van der Waals surface area (Å²) in [4.78, 5) is 12.0. The van der Waals surface area contributed by atoms with Gasteiger partial charge in [-0.05, 0) is 22.3 Å². The Morgan fingerprint density at radius 3 is 2.07 bits per heavy atom. The second kappa shape index (κ2) is 7.58. The number of esters is 1. The Hall–Kier alpha value is -2.95. The van der Waals surface area contributed by atoms with E-state index in [1.54, 1.807) is 0 Å². The van der Waals surface area contributed by atoms with Crippen molar-refractivity contribution < 1.29 is 19.7 Å². The van der Waals surface area contributed by atoms with Crippen molar-refractivity contribution >= 4 is 18.1 Å². The van der Waals surface area contributed by atoms with Gasteiger partial charge in [0, 0.05) is 17.9 Å². The number of rotatable bonds is 6. The number of carbonyl (C=O) groups is 1. The molecule has 142 valence electrons. The fourth-order valence-electron chi connectivity index (χ4n) is 4.08. The fourth-order valence-corrected chi connectivity index (χ4v) is 4.08. The summed E-state index contributed by atoms with van der Waals surface area (Å²) in [6, 6.07) is 15.5. The molecule has 0 radical (unpaired) electrons. The molecule has 0 heterocycles. The van der Waals surface area contributed by atoms with Gasteiger partial charge in [0.05, 0.1) is 6.10 Å². The Kier molecular flexibility index (Phi) is 4.99. The molecule has 4 heteroatoms. The number of hydrogen-bond acceptors (Lipinski definition) is 4. The van der Waals surface area contributed by atoms with Gasteiger partial charge in [-0.15, -0.1) is 0 Å². The molecule has 0 amide bonds. The van der Waals surface area contributed by atoms with Crippen molar-refractivity contribution in [3.05, 3.63) is 95.6 Å². The Morgan fingerprint density at radius 1 is 0.929 bits per heavy atom. The minimum Gasteiger partial charge on any atom is -0.455 e. The van der Waals surface area contributed by atoms with E-state index in [1.807, 2.05) is 72.8 Å². The molecular weight excluding hydrogens is 352 g/mol. The van der Waals surface area contributed by atoms with Crippen LogP contribution in [0.3, 0.4) is 0 Å². The van der Waals surface area contributed by atoms with Crippen molar-refractivity contribution in [2.45, 2.75) is 30.1 Å². The summed E-state index contributed by atoms with van der Waals surface area (Å²) in [7, 11) is 0. The van der Waals surface area contributed by atoms with Crippen LogP contribution in [0.25, 0.3) is 12.2 Å². The topological polar surface area (TPSA) is 66.8 Å². The third-order valence-corrected chi connectivity index (χ3v) is 5.50. The number of aliphatic hydroxyl groups excluding tert-OH is 2. The normalized spacial score (nSPS) is 22.2. The first-order valence-electron chi connectivity index (χ1n) is 9.33. The molecule has 0 saturated carbocycles. The maximum atomic E-state index is 12.0. The van der Waals surface area contributed by atoms with Crippen molar-refractivity contribution in [2.75, 3.05) is 0 Å². The van der Waals surface area contributed by atoms with Crippen LogP contribution in [-0.4, -0.2) is 34.5 Å². The maximum absolute atomic E-state index is 12.0. The van der Waals surface area contributed by atoms with Crippen LogP contribution in [0.2, 0.25) is 0 Å². The van der Waals surface area contributed by atoms with Crippen molar-refractivity contribution in [1.82, 2.24) is 0 Å². The fraction of sp³-hybridized carbons (Fsp3) is 0.208. The van der Waals surface area contributed by atoms with Crippen molar-refractivity contribution in [3.63, 3.8) is 0 Å². The quantitative estimate of drug-likeness (QED) is 0.601. The summed E-state index contributed by atoms with van der Waals surface area (Å²) in [5, 5.41) is 22.1. The second-order valence-corrected chi connectivity index (χ2v) is 7.11. The lowest BCUT2D eigenvalue weighted by Crippen LogP contribution is -2.45. The van der Waals surface area contributed by atoms with Gasteiger partial charge in [-0.2, -0.15) is 0 Å². The number of ether oxygens (including phenoxy) is 1. The van der Waals surface area contributed by atoms with Gasteiger partial charge in [-0.1, -0.05) is 79.4 Å². The third kappa shape index (κ3) is 3.21. The van der Waals surface area contributed by atoms with Crippen LogP contribution in [0, 0.1) is 0 Å². The molecule has 0 saturated heterocycles. The molecule has 2 aromatic rings. The Bertz CT molecular complexity index is 959. The van der Waals surface area contributed by atoms with Gasteiger partial charge < -0.3 is 14.9 Å². The van der Waals surface area contributed by atoms with E-state index in [9.17, 15) is 15.0 Å². The van der Waals surface area contributed by atoms with Crippen LogP contribution >= 0.6 is 0 Å². The Labute approximate surface area is 164 Å². The summed E-state index contributed by atoms with van der Waals surface area (Å²) < 4.78 is 5.53. The zero-order chi connectivity index (χ0) is 19.7. The molecule has 0 aromatic heterocycles. The lowest BCUT2D eigenvalue weighted by atomic mass is 9.84. The lowest BCUT2D eigenvalue weighted by molar-refractivity contribution is -0.155. The van der Waals surface area contributed by atoms with Crippen molar-refractivity contribution in [1.29, 1.82) is 0 Å². The molecule has 2 N–H and O–H groups in total. The summed E-state index contributed by atoms with van der Waals surface area (Å²) in [5.41, 5.74) is 3.94. The second-order valence-electron chi connectivity index (χ2n) is 7.11. The van der Waals surface area contributed by atoms with E-state index in [2.05, 4.69) is 6.58 Å². The maximum Gasteiger partial charge on any atom is 0.330 e. The van der Waals surface area contributed by atoms with Crippen LogP contribution in [0.5, 0.6) is 0 Å². The predicted octanol–water partition coefficient (Wildman–Crippen LogP) is 3.43. The minimum absolute atomic E-state index is 0.342. The number of carbonyl (C=O) groups excluding carboxylic acids is 1. The molecule has 2 aromatic carbocycles. The molecule has 4 rings (SSSR count). The highest BCUT2D eigenvalue weighted by Crippen LogP contribution is 2.39. The molecule has 2 aliphatic carbocycles. The van der Waals surface area contributed by atoms with E-state index in [1.165, 1.54) is 0 Å². The zero-order valence-corrected chi connectivity index (χ0v) is 15.3. The van der Waals surface area contributed by atoms with Gasteiger partial charge in [0.1, 0.15) is 12.2 Å². The molecule has 5 atom stereocenters. The van der Waals surface area contributed by atoms with E-state index in [4.69, 9.17) is 4.74 Å². The molecule has 4 nitrogen and oxygen atoms in total. The molecule has 0 aliphatic heterocycles. The van der Waals surface area contributed by atoms with Crippen LogP contribution in [0.4, 0.5) is 0 Å². The molecule has 0 fully saturated rings. The highest BCUT2D eigenvalue weighted by molar-refractivity contribution is 5.81. The average molecular weight is 374 g/mol. The minimum atomic E-state index is -1.27. The Morgan fingerprint density at radius 2 is 1.46 bits per heavy atom. The molecule has 2 aliphatic rings. The van der Waals surface area contributed by atoms with E-state index in [0.717, 1.165) is 28.3 Å². The van der Waals surface area contributed by atoms with Gasteiger partial charge >= 0.3 is 5.97 Å². The van der Waals surface area contributed by atoms with E-state index < -0.39 is 24.3 Å². The van der Waals surface area contributed by atoms with Crippen molar-refractivity contribution in [2.24, 2.45) is 0 Å². The molecule has 5 unspecified atom stereocenters. The number of fused-ring (bicyclic) bond motifs is 2. The number of benzene rings is 2. The predicted molar refractivity (Wildman–Crippen MR) is 109 cm³/mol. The number of aliphatic hydroxyl groups is 2. The average Bonchev–Trinajstić information content (AvgIpc) is 3.35. The van der Waals surface area contributed by atoms with E-state index in [-0.39, 0.29) is 11.8 Å². The van der Waals surface area contributed by atoms with Crippen LogP contribution in [0.15, 0.2) is 73.3 Å². The first-order chi connectivity index (χ1) is 13.6. The lowest BCUT2D eigenvalue weighted by Gasteiger charge is -2.33. The standard InChI is InChI=1S/C24H22O4/c1-2-21(25)28-24(20-14-12-16-8-4-6-10-18(16)20)23(27)22(26)19-13-11-15-7-3-5-9-17(15)19/h2-14,19-20,22-24,26-27H,1H2. The van der Waals surface area contributed by atoms with Gasteiger partial charge in [-0.3, -0.25) is 0 Å². The SMILES string of the molecule is C=CC(=O)OC(C1C=Cc2ccccc21)C(O)C(O)C1C=Cc2ccccc21. The largest absolute Gasteiger partial charge is 0.455 e. The molecular formula is C24H22O4. The van der Waals surface area contributed by atoms with E-state index in [0.29, 0.717) is 0 Å². The summed E-state index contributed by atoms with van der Waals surface area (Å²) in [6.45, 7) is 3.45. The zero-order valence-electron chi connectivity index (χ0n) is 15.3. The van der Waals surface area contributed by atoms with Gasteiger partial charge in [-0.25, -0.2) is 4.79 Å². The first kappa shape index (κ1) is 18.4. The summed E-state index contributed by atoms with van der Waals surface area (Å²) in [6.07, 6.45) is 5.41. The van der Waals surface area contributed by atoms with Crippen LogP contribution in [0.1, 0.15) is 34.1 Å². The first-order valence-corrected chi connectivity index (χ1v) is 9.33. The van der Waals surface area contributed by atoms with Crippen LogP contribution in [-0.2, 0) is 9.53 Å². The highest BCUT2D eigenvalue weighted by Gasteiger charge is 2.41. The molecule has 0 bridgehead atoms. The monoisotopic (exact) mass is 374 g/mol. The van der Waals surface area contributed by atoms with Gasteiger partial charge in [0.2, 0.25) is 0 Å². The van der Waals surface area contributed by atoms with Gasteiger partial charge in [0.25, 0.3) is 0 Å². The Balaban J connectivity index is 1.64. The number of hydrogen-bond donors (Lipinski definition) is 2. The smallest absolute Gasteiger partial charge is 0.330 e. The van der Waals surface area contributed by atoms with E-state index >= 15 is 0 Å². The van der Waals surface area contributed by atoms with Gasteiger partial charge in [0.15, 0.2) is 0 Å². The van der Waals surface area contributed by atoms with Crippen molar-refractivity contribution in [3.8, 4) is 0 Å². The third-order valence-electron chi connectivity index (χ3n) is 5.50.